The molecule has 0 spiro atoms. The van der Waals surface area contributed by atoms with Crippen LogP contribution in [0.4, 0.5) is 5.82 Å². The number of nitrogens with zero attached hydrogens (tertiary/aromatic N) is 2. The summed E-state index contributed by atoms with van der Waals surface area (Å²) < 4.78 is 0. The van der Waals surface area contributed by atoms with E-state index in [1.165, 1.54) is 0 Å². The molecule has 1 unspecified atom stereocenters. The van der Waals surface area contributed by atoms with Gasteiger partial charge in [0.15, 0.2) is 0 Å². The fourth-order valence-electron chi connectivity index (χ4n) is 1.72. The Kier molecular flexibility index (Phi) is 4.11. The minimum absolute atomic E-state index is 0.367. The Labute approximate surface area is 112 Å². The average Bonchev–Trinajstić information content (AvgIpc) is 2.45. The van der Waals surface area contributed by atoms with E-state index in [9.17, 15) is 5.11 Å². The first-order chi connectivity index (χ1) is 9.20. The molecule has 2 rings (SSSR count). The maximum atomic E-state index is 9.24. The molecule has 0 saturated heterocycles. The number of benzene rings is 1. The highest BCUT2D eigenvalue weighted by atomic mass is 16.3. The molecular formula is C15H15N3O. The van der Waals surface area contributed by atoms with Crippen LogP contribution in [0.3, 0.4) is 0 Å². The lowest BCUT2D eigenvalue weighted by molar-refractivity contribution is 0.208. The molecule has 4 heteroatoms. The standard InChI is InChI=1S/C15H15N3O/c1-11(19)9-17-15-13(8-16)7-14(10-18-15)12-5-3-2-4-6-12/h2-7,10-11,19H,9H2,1H3,(H,17,18). The summed E-state index contributed by atoms with van der Waals surface area (Å²) in [5.74, 6) is 0.503. The highest BCUT2D eigenvalue weighted by molar-refractivity contribution is 5.67. The van der Waals surface area contributed by atoms with Crippen LogP contribution in [0, 0.1) is 11.3 Å². The van der Waals surface area contributed by atoms with Gasteiger partial charge in [0, 0.05) is 18.3 Å². The average molecular weight is 253 g/mol. The first kappa shape index (κ1) is 13.1. The van der Waals surface area contributed by atoms with Gasteiger partial charge in [0.1, 0.15) is 11.9 Å². The number of aliphatic hydroxyl groups excluding tert-OH is 1. The van der Waals surface area contributed by atoms with Gasteiger partial charge < -0.3 is 10.4 Å². The number of hydrogen-bond acceptors (Lipinski definition) is 4. The first-order valence-electron chi connectivity index (χ1n) is 6.08. The van der Waals surface area contributed by atoms with Crippen LogP contribution in [0.1, 0.15) is 12.5 Å². The molecule has 96 valence electrons. The van der Waals surface area contributed by atoms with Crippen LogP contribution >= 0.6 is 0 Å². The minimum Gasteiger partial charge on any atom is -0.392 e. The molecule has 0 aliphatic rings. The smallest absolute Gasteiger partial charge is 0.144 e. The summed E-state index contributed by atoms with van der Waals surface area (Å²) in [5, 5.41) is 21.4. The molecule has 1 aromatic carbocycles. The van der Waals surface area contributed by atoms with E-state index in [-0.39, 0.29) is 0 Å². The van der Waals surface area contributed by atoms with Crippen molar-refractivity contribution in [2.24, 2.45) is 0 Å². The van der Waals surface area contributed by atoms with Gasteiger partial charge in [-0.3, -0.25) is 0 Å². The Balaban J connectivity index is 2.29. The molecule has 4 nitrogen and oxygen atoms in total. The number of aromatic nitrogens is 1. The van der Waals surface area contributed by atoms with Crippen molar-refractivity contribution in [3.8, 4) is 17.2 Å². The molecule has 0 bridgehead atoms. The second-order valence-corrected chi connectivity index (χ2v) is 4.33. The van der Waals surface area contributed by atoms with E-state index in [1.54, 1.807) is 19.2 Å². The first-order valence-corrected chi connectivity index (χ1v) is 6.08. The van der Waals surface area contributed by atoms with Crippen molar-refractivity contribution >= 4 is 5.82 Å². The van der Waals surface area contributed by atoms with Crippen molar-refractivity contribution < 1.29 is 5.11 Å². The van der Waals surface area contributed by atoms with Crippen molar-refractivity contribution in [1.82, 2.24) is 4.98 Å². The van der Waals surface area contributed by atoms with Gasteiger partial charge in [-0.05, 0) is 18.6 Å². The molecule has 1 atom stereocenters. The van der Waals surface area contributed by atoms with E-state index in [0.717, 1.165) is 11.1 Å². The summed E-state index contributed by atoms with van der Waals surface area (Å²) in [4.78, 5) is 4.25. The largest absolute Gasteiger partial charge is 0.392 e. The van der Waals surface area contributed by atoms with Crippen LogP contribution in [0.25, 0.3) is 11.1 Å². The Morgan fingerprint density at radius 2 is 2.05 bits per heavy atom. The summed E-state index contributed by atoms with van der Waals surface area (Å²) in [5.41, 5.74) is 2.40. The van der Waals surface area contributed by atoms with Gasteiger partial charge in [-0.2, -0.15) is 5.26 Å². The van der Waals surface area contributed by atoms with E-state index in [0.29, 0.717) is 17.9 Å². The van der Waals surface area contributed by atoms with E-state index < -0.39 is 6.10 Å². The zero-order chi connectivity index (χ0) is 13.7. The van der Waals surface area contributed by atoms with Gasteiger partial charge in [0.25, 0.3) is 0 Å². The second-order valence-electron chi connectivity index (χ2n) is 4.33. The van der Waals surface area contributed by atoms with Gasteiger partial charge in [-0.1, -0.05) is 30.3 Å². The number of nitrogens with one attached hydrogen (secondary N) is 1. The van der Waals surface area contributed by atoms with E-state index >= 15 is 0 Å². The molecule has 1 heterocycles. The monoisotopic (exact) mass is 253 g/mol. The number of aliphatic hydroxyl groups is 1. The summed E-state index contributed by atoms with van der Waals surface area (Å²) >= 11 is 0. The number of anilines is 1. The van der Waals surface area contributed by atoms with Crippen LogP contribution < -0.4 is 5.32 Å². The quantitative estimate of drug-likeness (QED) is 0.878. The summed E-state index contributed by atoms with van der Waals surface area (Å²) in [7, 11) is 0. The molecule has 19 heavy (non-hydrogen) atoms. The molecule has 0 amide bonds. The fraction of sp³-hybridized carbons (Fsp3) is 0.200. The normalized spacial score (nSPS) is 11.6. The predicted octanol–water partition coefficient (Wildman–Crippen LogP) is 2.41. The molecule has 2 N–H and O–H groups in total. The molecule has 0 radical (unpaired) electrons. The van der Waals surface area contributed by atoms with Crippen LogP contribution in [-0.2, 0) is 0 Å². The van der Waals surface area contributed by atoms with Gasteiger partial charge in [0.2, 0.25) is 0 Å². The van der Waals surface area contributed by atoms with Crippen molar-refractivity contribution in [3.63, 3.8) is 0 Å². The lowest BCUT2D eigenvalue weighted by Gasteiger charge is -2.10. The lowest BCUT2D eigenvalue weighted by Crippen LogP contribution is -2.16. The van der Waals surface area contributed by atoms with E-state index in [4.69, 9.17) is 5.26 Å². The van der Waals surface area contributed by atoms with E-state index in [1.807, 2.05) is 30.3 Å². The number of pyridine rings is 1. The van der Waals surface area contributed by atoms with Gasteiger partial charge in [0.05, 0.1) is 11.7 Å². The zero-order valence-corrected chi connectivity index (χ0v) is 10.7. The highest BCUT2D eigenvalue weighted by Gasteiger charge is 2.07. The highest BCUT2D eigenvalue weighted by Crippen LogP contribution is 2.22. The topological polar surface area (TPSA) is 68.9 Å². The molecular weight excluding hydrogens is 238 g/mol. The second kappa shape index (κ2) is 5.98. The van der Waals surface area contributed by atoms with Crippen molar-refractivity contribution in [2.45, 2.75) is 13.0 Å². The Morgan fingerprint density at radius 3 is 2.68 bits per heavy atom. The minimum atomic E-state index is -0.484. The summed E-state index contributed by atoms with van der Waals surface area (Å²) in [6.07, 6.45) is 1.24. The molecule has 0 aliphatic heterocycles. The SMILES string of the molecule is CC(O)CNc1ncc(-c2ccccc2)cc1C#N. The number of rotatable bonds is 4. The van der Waals surface area contributed by atoms with E-state index in [2.05, 4.69) is 16.4 Å². The molecule has 0 fully saturated rings. The Morgan fingerprint density at radius 1 is 1.32 bits per heavy atom. The van der Waals surface area contributed by atoms with Crippen LogP contribution in [-0.4, -0.2) is 22.7 Å². The molecule has 0 aliphatic carbocycles. The van der Waals surface area contributed by atoms with Gasteiger partial charge in [-0.25, -0.2) is 4.98 Å². The molecule has 0 saturated carbocycles. The molecule has 1 aromatic heterocycles. The Bertz CT molecular complexity index is 588. The maximum absolute atomic E-state index is 9.24. The van der Waals surface area contributed by atoms with Crippen molar-refractivity contribution in [1.29, 1.82) is 5.26 Å². The van der Waals surface area contributed by atoms with Gasteiger partial charge in [-0.15, -0.1) is 0 Å². The zero-order valence-electron chi connectivity index (χ0n) is 10.7. The lowest BCUT2D eigenvalue weighted by atomic mass is 10.1. The number of hydrogen-bond donors (Lipinski definition) is 2. The predicted molar refractivity (Wildman–Crippen MR) is 74.6 cm³/mol. The Hall–Kier alpha value is -2.38. The third kappa shape index (κ3) is 3.30. The van der Waals surface area contributed by atoms with Crippen LogP contribution in [0.2, 0.25) is 0 Å². The van der Waals surface area contributed by atoms with Crippen LogP contribution in [0.15, 0.2) is 42.6 Å². The number of nitriles is 1. The van der Waals surface area contributed by atoms with Crippen molar-refractivity contribution in [3.05, 3.63) is 48.2 Å². The third-order valence-corrected chi connectivity index (χ3v) is 2.68. The third-order valence-electron chi connectivity index (χ3n) is 2.68. The van der Waals surface area contributed by atoms with Crippen LogP contribution in [0.5, 0.6) is 0 Å². The maximum Gasteiger partial charge on any atom is 0.144 e. The molecule has 2 aromatic rings. The summed E-state index contributed by atoms with van der Waals surface area (Å²) in [6, 6.07) is 13.7. The fourth-order valence-corrected chi connectivity index (χ4v) is 1.72. The van der Waals surface area contributed by atoms with Crippen molar-refractivity contribution in [2.75, 3.05) is 11.9 Å². The summed E-state index contributed by atoms with van der Waals surface area (Å²) in [6.45, 7) is 2.05. The van der Waals surface area contributed by atoms with Gasteiger partial charge >= 0.3 is 0 Å².